The van der Waals surface area contributed by atoms with Crippen LogP contribution in [0.5, 0.6) is 5.75 Å². The molecule has 0 N–H and O–H groups in total. The normalized spacial score (nSPS) is 10.0. The Morgan fingerprint density at radius 3 is 2.67 bits per heavy atom. The zero-order valence-electron chi connectivity index (χ0n) is 10.5. The van der Waals surface area contributed by atoms with Crippen molar-refractivity contribution in [1.82, 2.24) is 4.98 Å². The van der Waals surface area contributed by atoms with E-state index in [1.54, 1.807) is 6.20 Å². The standard InChI is InChI=1S/C13H16INO3/c1-3-16-12(17-4-2)8-6-10-18-11-7-5-9-15-13(11)14/h5,7,9,12H,3-4,10H2,1-2H3. The van der Waals surface area contributed by atoms with Crippen molar-refractivity contribution in [3.8, 4) is 17.6 Å². The van der Waals surface area contributed by atoms with E-state index in [0.29, 0.717) is 19.8 Å². The third kappa shape index (κ3) is 5.67. The van der Waals surface area contributed by atoms with Gasteiger partial charge in [0.25, 0.3) is 0 Å². The Labute approximate surface area is 121 Å². The van der Waals surface area contributed by atoms with Gasteiger partial charge in [-0.3, -0.25) is 0 Å². The number of hydrogen-bond acceptors (Lipinski definition) is 4. The summed E-state index contributed by atoms with van der Waals surface area (Å²) < 4.78 is 16.9. The molecule has 0 atom stereocenters. The van der Waals surface area contributed by atoms with Crippen LogP contribution in [0.4, 0.5) is 0 Å². The predicted molar refractivity (Wildman–Crippen MR) is 77.3 cm³/mol. The molecule has 0 amide bonds. The monoisotopic (exact) mass is 361 g/mol. The van der Waals surface area contributed by atoms with Crippen molar-refractivity contribution in [2.75, 3.05) is 19.8 Å². The first-order valence-electron chi connectivity index (χ1n) is 5.72. The number of hydrogen-bond donors (Lipinski definition) is 0. The smallest absolute Gasteiger partial charge is 0.222 e. The highest BCUT2D eigenvalue weighted by atomic mass is 127. The summed E-state index contributed by atoms with van der Waals surface area (Å²) in [4.78, 5) is 4.12. The molecular weight excluding hydrogens is 345 g/mol. The number of ether oxygens (including phenoxy) is 3. The molecule has 0 bridgehead atoms. The Hall–Kier alpha value is -0.840. The van der Waals surface area contributed by atoms with Crippen molar-refractivity contribution in [2.45, 2.75) is 20.1 Å². The molecule has 0 radical (unpaired) electrons. The average molecular weight is 361 g/mol. The fraction of sp³-hybridized carbons (Fsp3) is 0.462. The SMILES string of the molecule is CCOC(C#CCOc1cccnc1I)OCC. The fourth-order valence-electron chi connectivity index (χ4n) is 1.15. The van der Waals surface area contributed by atoms with Crippen LogP contribution < -0.4 is 4.74 Å². The molecule has 0 aliphatic carbocycles. The van der Waals surface area contributed by atoms with Gasteiger partial charge in [-0.1, -0.05) is 5.92 Å². The molecule has 4 nitrogen and oxygen atoms in total. The van der Waals surface area contributed by atoms with Gasteiger partial charge in [0.15, 0.2) is 5.75 Å². The first-order chi connectivity index (χ1) is 8.77. The zero-order valence-corrected chi connectivity index (χ0v) is 12.6. The summed E-state index contributed by atoms with van der Waals surface area (Å²) in [5, 5.41) is 0. The van der Waals surface area contributed by atoms with E-state index in [1.807, 2.05) is 26.0 Å². The summed E-state index contributed by atoms with van der Waals surface area (Å²) in [5.74, 6) is 6.48. The number of rotatable bonds is 6. The van der Waals surface area contributed by atoms with Gasteiger partial charge < -0.3 is 14.2 Å². The minimum absolute atomic E-state index is 0.290. The van der Waals surface area contributed by atoms with Gasteiger partial charge in [0.1, 0.15) is 10.3 Å². The van der Waals surface area contributed by atoms with Gasteiger partial charge in [0.05, 0.1) is 0 Å². The second kappa shape index (κ2) is 9.14. The van der Waals surface area contributed by atoms with E-state index >= 15 is 0 Å². The first kappa shape index (κ1) is 15.2. The highest BCUT2D eigenvalue weighted by Crippen LogP contribution is 2.16. The van der Waals surface area contributed by atoms with E-state index < -0.39 is 6.29 Å². The van der Waals surface area contributed by atoms with Gasteiger partial charge in [-0.15, -0.1) is 0 Å². The van der Waals surface area contributed by atoms with Crippen LogP contribution in [-0.4, -0.2) is 31.1 Å². The molecule has 0 aromatic carbocycles. The summed E-state index contributed by atoms with van der Waals surface area (Å²) in [5.41, 5.74) is 0. The van der Waals surface area contributed by atoms with Crippen molar-refractivity contribution in [3.05, 3.63) is 22.0 Å². The molecule has 18 heavy (non-hydrogen) atoms. The van der Waals surface area contributed by atoms with E-state index in [1.165, 1.54) is 0 Å². The fourth-order valence-corrected chi connectivity index (χ4v) is 1.65. The van der Waals surface area contributed by atoms with Crippen LogP contribution in [0.3, 0.4) is 0 Å². The Morgan fingerprint density at radius 1 is 1.33 bits per heavy atom. The molecule has 0 aliphatic rings. The molecule has 0 aliphatic heterocycles. The van der Waals surface area contributed by atoms with Crippen LogP contribution in [0.1, 0.15) is 13.8 Å². The Bertz CT molecular complexity index is 408. The Balaban J connectivity index is 2.43. The maximum atomic E-state index is 5.49. The molecule has 1 aromatic heterocycles. The average Bonchev–Trinajstić information content (AvgIpc) is 2.37. The molecule has 1 aromatic rings. The molecule has 1 heterocycles. The molecule has 0 saturated carbocycles. The lowest BCUT2D eigenvalue weighted by molar-refractivity contribution is -0.0970. The van der Waals surface area contributed by atoms with Crippen LogP contribution in [0.25, 0.3) is 0 Å². The molecule has 0 spiro atoms. The van der Waals surface area contributed by atoms with Crippen LogP contribution in [0.15, 0.2) is 18.3 Å². The summed E-state index contributed by atoms with van der Waals surface area (Å²) in [6.07, 6.45) is 1.25. The summed E-state index contributed by atoms with van der Waals surface area (Å²) in [7, 11) is 0. The predicted octanol–water partition coefficient (Wildman–Crippen LogP) is 2.47. The first-order valence-corrected chi connectivity index (χ1v) is 6.80. The number of aromatic nitrogens is 1. The van der Waals surface area contributed by atoms with Crippen LogP contribution in [0, 0.1) is 15.5 Å². The van der Waals surface area contributed by atoms with E-state index in [-0.39, 0.29) is 0 Å². The zero-order chi connectivity index (χ0) is 13.2. The highest BCUT2D eigenvalue weighted by molar-refractivity contribution is 14.1. The molecule has 98 valence electrons. The summed E-state index contributed by atoms with van der Waals surface area (Å²) in [6.45, 7) is 5.24. The topological polar surface area (TPSA) is 40.6 Å². The summed E-state index contributed by atoms with van der Waals surface area (Å²) >= 11 is 2.12. The lowest BCUT2D eigenvalue weighted by atomic mass is 10.5. The lowest BCUT2D eigenvalue weighted by Gasteiger charge is -2.09. The van der Waals surface area contributed by atoms with E-state index in [0.717, 1.165) is 9.45 Å². The van der Waals surface area contributed by atoms with E-state index in [4.69, 9.17) is 14.2 Å². The van der Waals surface area contributed by atoms with Crippen molar-refractivity contribution in [1.29, 1.82) is 0 Å². The molecular formula is C13H16INO3. The number of pyridine rings is 1. The molecule has 5 heteroatoms. The van der Waals surface area contributed by atoms with Gasteiger partial charge in [0, 0.05) is 19.4 Å². The molecule has 0 unspecified atom stereocenters. The third-order valence-electron chi connectivity index (χ3n) is 1.88. The summed E-state index contributed by atoms with van der Waals surface area (Å²) in [6, 6.07) is 3.69. The molecule has 0 saturated heterocycles. The van der Waals surface area contributed by atoms with Crippen LogP contribution >= 0.6 is 22.6 Å². The number of halogens is 1. The van der Waals surface area contributed by atoms with Gasteiger partial charge >= 0.3 is 0 Å². The van der Waals surface area contributed by atoms with Crippen molar-refractivity contribution >= 4 is 22.6 Å². The molecule has 1 rings (SSSR count). The number of nitrogens with zero attached hydrogens (tertiary/aromatic N) is 1. The third-order valence-corrected chi connectivity index (χ3v) is 2.69. The second-order valence-electron chi connectivity index (χ2n) is 3.14. The van der Waals surface area contributed by atoms with Crippen molar-refractivity contribution in [3.63, 3.8) is 0 Å². The van der Waals surface area contributed by atoms with E-state index in [2.05, 4.69) is 39.4 Å². The van der Waals surface area contributed by atoms with Crippen molar-refractivity contribution in [2.24, 2.45) is 0 Å². The second-order valence-corrected chi connectivity index (χ2v) is 4.17. The molecule has 0 fully saturated rings. The lowest BCUT2D eigenvalue weighted by Crippen LogP contribution is -2.15. The van der Waals surface area contributed by atoms with Gasteiger partial charge in [-0.2, -0.15) is 0 Å². The van der Waals surface area contributed by atoms with E-state index in [9.17, 15) is 0 Å². The maximum absolute atomic E-state index is 5.49. The Kier molecular flexibility index (Phi) is 7.73. The minimum atomic E-state index is -0.475. The quantitative estimate of drug-likeness (QED) is 0.338. The maximum Gasteiger partial charge on any atom is 0.222 e. The van der Waals surface area contributed by atoms with Gasteiger partial charge in [-0.25, -0.2) is 4.98 Å². The Morgan fingerprint density at radius 2 is 2.06 bits per heavy atom. The highest BCUT2D eigenvalue weighted by Gasteiger charge is 2.02. The van der Waals surface area contributed by atoms with Gasteiger partial charge in [0.2, 0.25) is 6.29 Å². The largest absolute Gasteiger partial charge is 0.478 e. The van der Waals surface area contributed by atoms with Crippen LogP contribution in [0.2, 0.25) is 0 Å². The minimum Gasteiger partial charge on any atom is -0.478 e. The van der Waals surface area contributed by atoms with Gasteiger partial charge in [-0.05, 0) is 54.5 Å². The van der Waals surface area contributed by atoms with Crippen LogP contribution in [-0.2, 0) is 9.47 Å². The van der Waals surface area contributed by atoms with Crippen molar-refractivity contribution < 1.29 is 14.2 Å².